The predicted molar refractivity (Wildman–Crippen MR) is 117 cm³/mol. The molecule has 2 N–H and O–H groups in total. The first-order valence-electron chi connectivity index (χ1n) is 9.99. The van der Waals surface area contributed by atoms with Crippen molar-refractivity contribution >= 4 is 35.2 Å². The van der Waals surface area contributed by atoms with E-state index in [1.165, 1.54) is 43.9 Å². The third-order valence-corrected chi connectivity index (χ3v) is 6.34. The maximum absolute atomic E-state index is 12.6. The molecule has 1 heterocycles. The number of pyridine rings is 1. The third-order valence-electron chi connectivity index (χ3n) is 5.04. The number of rotatable bonds is 8. The number of benzene rings is 1. The molecule has 0 spiro atoms. The molecule has 0 radical (unpaired) electrons. The van der Waals surface area contributed by atoms with Crippen LogP contribution in [0.25, 0.3) is 0 Å². The van der Waals surface area contributed by atoms with Crippen LogP contribution in [0.3, 0.4) is 0 Å². The zero-order valence-electron chi connectivity index (χ0n) is 16.3. The maximum Gasteiger partial charge on any atom is 0.252 e. The number of thioether (sulfide) groups is 1. The van der Waals surface area contributed by atoms with Crippen LogP contribution in [0, 0.1) is 5.92 Å². The Hall–Kier alpha value is -2.05. The molecule has 0 aliphatic heterocycles. The summed E-state index contributed by atoms with van der Waals surface area (Å²) in [5, 5.41) is 6.36. The molecular weight excluding hydrogens is 406 g/mol. The fourth-order valence-electron chi connectivity index (χ4n) is 3.41. The summed E-state index contributed by atoms with van der Waals surface area (Å²) in [6.07, 6.45) is 7.90. The summed E-state index contributed by atoms with van der Waals surface area (Å²) in [5.41, 5.74) is 1.44. The molecule has 7 heteroatoms. The Morgan fingerprint density at radius 1 is 1.07 bits per heavy atom. The largest absolute Gasteiger partial charge is 0.355 e. The van der Waals surface area contributed by atoms with Gasteiger partial charge in [0.2, 0.25) is 5.91 Å². The van der Waals surface area contributed by atoms with Gasteiger partial charge in [-0.25, -0.2) is 4.98 Å². The molecule has 1 aromatic heterocycles. The fraction of sp³-hybridized carbons (Fsp3) is 0.409. The van der Waals surface area contributed by atoms with Crippen molar-refractivity contribution in [2.45, 2.75) is 43.5 Å². The third kappa shape index (κ3) is 7.05. The van der Waals surface area contributed by atoms with Crippen LogP contribution in [0.15, 0.2) is 47.5 Å². The molecule has 5 nitrogen and oxygen atoms in total. The molecule has 1 saturated carbocycles. The molecule has 1 aliphatic carbocycles. The highest BCUT2D eigenvalue weighted by molar-refractivity contribution is 8.00. The summed E-state index contributed by atoms with van der Waals surface area (Å²) >= 11 is 7.17. The van der Waals surface area contributed by atoms with Crippen molar-refractivity contribution in [1.82, 2.24) is 15.6 Å². The summed E-state index contributed by atoms with van der Waals surface area (Å²) in [6, 6.07) is 10.9. The number of nitrogens with zero attached hydrogens (tertiary/aromatic N) is 1. The number of carbonyl (C=O) groups excluding carboxylic acids is 2. The van der Waals surface area contributed by atoms with E-state index >= 15 is 0 Å². The molecule has 0 saturated heterocycles. The number of amides is 2. The number of hydrogen-bond donors (Lipinski definition) is 2. The molecule has 29 heavy (non-hydrogen) atoms. The monoisotopic (exact) mass is 431 g/mol. The quantitative estimate of drug-likeness (QED) is 0.478. The van der Waals surface area contributed by atoms with E-state index in [9.17, 15) is 9.59 Å². The van der Waals surface area contributed by atoms with E-state index in [1.807, 2.05) is 24.3 Å². The average molecular weight is 432 g/mol. The molecule has 154 valence electrons. The van der Waals surface area contributed by atoms with Gasteiger partial charge >= 0.3 is 0 Å². The number of aromatic nitrogens is 1. The van der Waals surface area contributed by atoms with Gasteiger partial charge in [0.05, 0.1) is 11.3 Å². The van der Waals surface area contributed by atoms with Crippen molar-refractivity contribution in [3.63, 3.8) is 0 Å². The van der Waals surface area contributed by atoms with Crippen LogP contribution in [0.1, 0.15) is 48.0 Å². The molecular formula is C22H26ClN3O2S. The second-order valence-electron chi connectivity index (χ2n) is 7.26. The Bertz CT molecular complexity index is 823. The number of halogens is 1. The lowest BCUT2D eigenvalue weighted by atomic mass is 9.89. The highest BCUT2D eigenvalue weighted by Gasteiger charge is 2.16. The second kappa shape index (κ2) is 11.2. The number of hydrogen-bond acceptors (Lipinski definition) is 4. The van der Waals surface area contributed by atoms with Gasteiger partial charge in [-0.3, -0.25) is 9.59 Å². The lowest BCUT2D eigenvalue weighted by molar-refractivity contribution is -0.118. The van der Waals surface area contributed by atoms with Crippen molar-refractivity contribution in [2.24, 2.45) is 5.92 Å². The minimum atomic E-state index is -0.175. The van der Waals surface area contributed by atoms with Gasteiger partial charge in [-0.2, -0.15) is 0 Å². The van der Waals surface area contributed by atoms with Crippen LogP contribution < -0.4 is 10.6 Å². The normalized spacial score (nSPS) is 14.4. The Balaban J connectivity index is 1.49. The van der Waals surface area contributed by atoms with Crippen LogP contribution >= 0.6 is 23.4 Å². The zero-order chi connectivity index (χ0) is 20.5. The standard InChI is InChI=1S/C22H26ClN3O2S/c23-20-11-10-17(13-24-20)14-26-22(28)18-8-4-5-9-19(18)29-15-21(27)25-12-16-6-2-1-3-7-16/h4-5,8-11,13,16H,1-3,6-7,12,14-15H2,(H,25,27)(H,26,28). The molecule has 1 aliphatic rings. The Kier molecular flexibility index (Phi) is 8.38. The molecule has 1 aromatic carbocycles. The van der Waals surface area contributed by atoms with E-state index in [2.05, 4.69) is 15.6 Å². The minimum absolute atomic E-state index is 0.0167. The summed E-state index contributed by atoms with van der Waals surface area (Å²) in [6.45, 7) is 1.13. The van der Waals surface area contributed by atoms with Gasteiger partial charge in [-0.1, -0.05) is 49.1 Å². The lowest BCUT2D eigenvalue weighted by Gasteiger charge is -2.21. The van der Waals surface area contributed by atoms with Crippen molar-refractivity contribution in [3.05, 3.63) is 58.9 Å². The van der Waals surface area contributed by atoms with Crippen LogP contribution in [-0.4, -0.2) is 29.1 Å². The first-order chi connectivity index (χ1) is 14.1. The van der Waals surface area contributed by atoms with Crippen LogP contribution in [-0.2, 0) is 11.3 Å². The lowest BCUT2D eigenvalue weighted by Crippen LogP contribution is -2.31. The van der Waals surface area contributed by atoms with Gasteiger partial charge in [-0.05, 0) is 42.5 Å². The topological polar surface area (TPSA) is 71.1 Å². The number of nitrogens with one attached hydrogen (secondary N) is 2. The van der Waals surface area contributed by atoms with E-state index in [4.69, 9.17) is 11.6 Å². The molecule has 1 fully saturated rings. The van der Waals surface area contributed by atoms with Crippen LogP contribution in [0.2, 0.25) is 5.15 Å². The Labute approximate surface area is 181 Å². The maximum atomic E-state index is 12.6. The van der Waals surface area contributed by atoms with Crippen molar-refractivity contribution in [2.75, 3.05) is 12.3 Å². The van der Waals surface area contributed by atoms with Crippen LogP contribution in [0.4, 0.5) is 0 Å². The Morgan fingerprint density at radius 2 is 1.86 bits per heavy atom. The number of carbonyl (C=O) groups is 2. The van der Waals surface area contributed by atoms with E-state index in [0.29, 0.717) is 28.9 Å². The van der Waals surface area contributed by atoms with Gasteiger partial charge in [-0.15, -0.1) is 11.8 Å². The van der Waals surface area contributed by atoms with Gasteiger partial charge < -0.3 is 10.6 Å². The molecule has 3 rings (SSSR count). The predicted octanol–water partition coefficient (Wildman–Crippen LogP) is 4.45. The van der Waals surface area contributed by atoms with Crippen molar-refractivity contribution in [1.29, 1.82) is 0 Å². The summed E-state index contributed by atoms with van der Waals surface area (Å²) in [7, 11) is 0. The summed E-state index contributed by atoms with van der Waals surface area (Å²) in [5.74, 6) is 0.754. The highest BCUT2D eigenvalue weighted by atomic mass is 35.5. The molecule has 0 bridgehead atoms. The molecule has 0 atom stereocenters. The van der Waals surface area contributed by atoms with Gasteiger partial charge in [0.15, 0.2) is 0 Å². The first kappa shape index (κ1) is 21.7. The first-order valence-corrected chi connectivity index (χ1v) is 11.4. The summed E-state index contributed by atoms with van der Waals surface area (Å²) in [4.78, 5) is 29.7. The van der Waals surface area contributed by atoms with Gasteiger partial charge in [0, 0.05) is 24.2 Å². The highest BCUT2D eigenvalue weighted by Crippen LogP contribution is 2.24. The SMILES string of the molecule is O=C(CSc1ccccc1C(=O)NCc1ccc(Cl)nc1)NCC1CCCCC1. The Morgan fingerprint density at radius 3 is 2.62 bits per heavy atom. The summed E-state index contributed by atoms with van der Waals surface area (Å²) < 4.78 is 0. The zero-order valence-corrected chi connectivity index (χ0v) is 17.9. The van der Waals surface area contributed by atoms with Crippen molar-refractivity contribution < 1.29 is 9.59 Å². The van der Waals surface area contributed by atoms with E-state index in [-0.39, 0.29) is 11.8 Å². The minimum Gasteiger partial charge on any atom is -0.355 e. The van der Waals surface area contributed by atoms with Crippen molar-refractivity contribution in [3.8, 4) is 0 Å². The fourth-order valence-corrected chi connectivity index (χ4v) is 4.40. The average Bonchev–Trinajstić information content (AvgIpc) is 2.76. The molecule has 0 unspecified atom stereocenters. The van der Waals surface area contributed by atoms with Gasteiger partial charge in [0.25, 0.3) is 5.91 Å². The second-order valence-corrected chi connectivity index (χ2v) is 8.67. The van der Waals surface area contributed by atoms with Crippen LogP contribution in [0.5, 0.6) is 0 Å². The van der Waals surface area contributed by atoms with E-state index in [0.717, 1.165) is 17.0 Å². The van der Waals surface area contributed by atoms with E-state index in [1.54, 1.807) is 18.3 Å². The van der Waals surface area contributed by atoms with E-state index < -0.39 is 0 Å². The van der Waals surface area contributed by atoms with Gasteiger partial charge in [0.1, 0.15) is 5.15 Å². The molecule has 2 amide bonds. The smallest absolute Gasteiger partial charge is 0.252 e. The molecule has 2 aromatic rings.